The van der Waals surface area contributed by atoms with Crippen molar-refractivity contribution in [3.63, 3.8) is 0 Å². The van der Waals surface area contributed by atoms with Crippen LogP contribution in [0.5, 0.6) is 0 Å². The molecule has 11 rings (SSSR count). The molecule has 0 saturated heterocycles. The molecule has 3 nitrogen and oxygen atoms in total. The third kappa shape index (κ3) is 8.56. The summed E-state index contributed by atoms with van der Waals surface area (Å²) >= 11 is 4.28. The Morgan fingerprint density at radius 1 is 0.516 bits per heavy atom. The summed E-state index contributed by atoms with van der Waals surface area (Å²) in [6.45, 7) is 4.61. The van der Waals surface area contributed by atoms with Crippen LogP contribution >= 0.6 is 12.6 Å². The van der Waals surface area contributed by atoms with Crippen molar-refractivity contribution >= 4 is 52.5 Å². The standard InChI is InChI=1S/C26H21N.C18H15NS.C13H12.CH3N/c1-27-24-17-8-5-12-19(24)20-13-9-16-23(25(20)27)26(18-10-3-2-4-11-18)21-14-6-7-15-22(21)26;20-18-12-10-17(11-13-18)19-16-8-6-15(7-9-16)14-4-2-1-3-5-14;1-11-7-9-13(10-8-11)12-5-3-2-4-6-12;1-2/h3,5-17H,2,4H2,1H3;1-13,19-20H;2-10H,1H3;2H,1H2. The van der Waals surface area contributed by atoms with Crippen LogP contribution in [-0.2, 0) is 12.5 Å². The number of para-hydroxylation sites is 2. The molecular formula is C58H51N3S. The Kier molecular flexibility index (Phi) is 12.8. The van der Waals surface area contributed by atoms with Gasteiger partial charge in [-0.2, -0.15) is 0 Å². The fourth-order valence-electron chi connectivity index (χ4n) is 8.71. The average Bonchev–Trinajstić information content (AvgIpc) is 3.94. The minimum atomic E-state index is -0.0813. The van der Waals surface area contributed by atoms with Crippen LogP contribution in [0.4, 0.5) is 11.4 Å². The van der Waals surface area contributed by atoms with Gasteiger partial charge in [-0.3, -0.25) is 0 Å². The van der Waals surface area contributed by atoms with Crippen LogP contribution in [-0.4, -0.2) is 11.3 Å². The van der Waals surface area contributed by atoms with Crippen LogP contribution < -0.4 is 5.32 Å². The summed E-state index contributed by atoms with van der Waals surface area (Å²) in [6.07, 6.45) is 9.41. The molecule has 0 amide bonds. The van der Waals surface area contributed by atoms with Crippen LogP contribution in [0.1, 0.15) is 35.1 Å². The van der Waals surface area contributed by atoms with Crippen LogP contribution in [0.15, 0.2) is 229 Å². The van der Waals surface area contributed by atoms with Crippen LogP contribution in [0.3, 0.4) is 0 Å². The number of rotatable bonds is 6. The monoisotopic (exact) mass is 821 g/mol. The van der Waals surface area contributed by atoms with Gasteiger partial charge < -0.3 is 15.3 Å². The fourth-order valence-corrected chi connectivity index (χ4v) is 8.85. The topological polar surface area (TPSA) is 40.8 Å². The van der Waals surface area contributed by atoms with Crippen molar-refractivity contribution in [3.05, 3.63) is 246 Å². The predicted octanol–water partition coefficient (Wildman–Crippen LogP) is 15.6. The molecule has 0 unspecified atom stereocenters. The lowest BCUT2D eigenvalue weighted by Crippen LogP contribution is -2.16. The van der Waals surface area contributed by atoms with Crippen molar-refractivity contribution in [2.75, 3.05) is 5.32 Å². The Hall–Kier alpha value is -7.14. The Labute approximate surface area is 371 Å². The molecule has 0 saturated carbocycles. The molecule has 4 heteroatoms. The van der Waals surface area contributed by atoms with Gasteiger partial charge in [0.15, 0.2) is 0 Å². The van der Waals surface area contributed by atoms with Gasteiger partial charge in [-0.25, -0.2) is 0 Å². The molecule has 0 spiro atoms. The van der Waals surface area contributed by atoms with Gasteiger partial charge in [0, 0.05) is 39.6 Å². The Balaban J connectivity index is 0.000000133. The molecule has 9 aromatic rings. The van der Waals surface area contributed by atoms with Crippen molar-refractivity contribution in [2.45, 2.75) is 30.1 Å². The first-order valence-electron chi connectivity index (χ1n) is 21.1. The second-order valence-electron chi connectivity index (χ2n) is 15.6. The second kappa shape index (κ2) is 19.1. The molecule has 0 radical (unpaired) electrons. The minimum absolute atomic E-state index is 0.0813. The van der Waals surface area contributed by atoms with E-state index in [1.165, 1.54) is 71.9 Å². The van der Waals surface area contributed by atoms with Crippen molar-refractivity contribution in [2.24, 2.45) is 7.05 Å². The first-order valence-corrected chi connectivity index (χ1v) is 21.6. The summed E-state index contributed by atoms with van der Waals surface area (Å²) in [5.74, 6) is 0. The molecule has 0 fully saturated rings. The number of anilines is 2. The smallest absolute Gasteiger partial charge is 0.0725 e. The van der Waals surface area contributed by atoms with E-state index in [-0.39, 0.29) is 5.41 Å². The fraction of sp³-hybridized carbons (Fsp3) is 0.0862. The molecule has 304 valence electrons. The number of hydrogen-bond donors (Lipinski definition) is 3. The number of thiol groups is 1. The highest BCUT2D eigenvalue weighted by Gasteiger charge is 2.54. The molecule has 2 aliphatic rings. The molecule has 0 aliphatic heterocycles. The van der Waals surface area contributed by atoms with Crippen LogP contribution in [0.25, 0.3) is 44.1 Å². The lowest BCUT2D eigenvalue weighted by atomic mass is 9.80. The summed E-state index contributed by atoms with van der Waals surface area (Å²) in [4.78, 5) is 0.968. The SMILES string of the molecule is C=N.Cc1ccc(-c2ccccc2)cc1.Cn1c2ccccc2c2cccc(C3(C4=CCCC=C4)c4ccccc43)c21.Sc1ccc(Nc2ccc(-c3ccccc3)cc2)cc1. The lowest BCUT2D eigenvalue weighted by molar-refractivity contribution is 0.868. The highest BCUT2D eigenvalue weighted by atomic mass is 32.1. The number of aryl methyl sites for hydroxylation is 2. The van der Waals surface area contributed by atoms with Gasteiger partial charge >= 0.3 is 0 Å². The summed E-state index contributed by atoms with van der Waals surface area (Å²) in [5, 5.41) is 11.6. The van der Waals surface area contributed by atoms with Crippen LogP contribution in [0, 0.1) is 12.3 Å². The third-order valence-electron chi connectivity index (χ3n) is 11.7. The van der Waals surface area contributed by atoms with E-state index in [9.17, 15) is 0 Å². The Bertz CT molecular complexity index is 2940. The number of benzene rings is 8. The maximum Gasteiger partial charge on any atom is 0.0725 e. The van der Waals surface area contributed by atoms with E-state index in [1.54, 1.807) is 0 Å². The minimum Gasteiger partial charge on any atom is -0.356 e. The predicted molar refractivity (Wildman–Crippen MR) is 269 cm³/mol. The first kappa shape index (κ1) is 41.6. The number of hydrogen-bond acceptors (Lipinski definition) is 3. The van der Waals surface area contributed by atoms with Gasteiger partial charge in [-0.1, -0.05) is 182 Å². The third-order valence-corrected chi connectivity index (χ3v) is 12.0. The maximum absolute atomic E-state index is 5.50. The van der Waals surface area contributed by atoms with E-state index in [4.69, 9.17) is 5.41 Å². The molecule has 1 heterocycles. The van der Waals surface area contributed by atoms with Crippen LogP contribution in [0.2, 0.25) is 0 Å². The zero-order chi connectivity index (χ0) is 42.9. The molecular weight excluding hydrogens is 771 g/mol. The number of nitrogens with zero attached hydrogens (tertiary/aromatic N) is 1. The summed E-state index contributed by atoms with van der Waals surface area (Å²) in [7, 11) is 2.21. The Morgan fingerprint density at radius 2 is 1.00 bits per heavy atom. The molecule has 8 aromatic carbocycles. The van der Waals surface area contributed by atoms with Crippen molar-refractivity contribution in [1.82, 2.24) is 4.57 Å². The Morgan fingerprint density at radius 3 is 1.58 bits per heavy atom. The summed E-state index contributed by atoms with van der Waals surface area (Å²) in [6, 6.07) is 70.4. The molecule has 62 heavy (non-hydrogen) atoms. The van der Waals surface area contributed by atoms with E-state index in [1.807, 2.05) is 36.4 Å². The maximum atomic E-state index is 5.50. The lowest BCUT2D eigenvalue weighted by Gasteiger charge is -2.23. The normalized spacial score (nSPS) is 12.9. The van der Waals surface area contributed by atoms with E-state index in [0.29, 0.717) is 0 Å². The van der Waals surface area contributed by atoms with E-state index < -0.39 is 0 Å². The molecule has 0 bridgehead atoms. The highest BCUT2D eigenvalue weighted by molar-refractivity contribution is 7.80. The first-order chi connectivity index (χ1) is 30.5. The zero-order valence-electron chi connectivity index (χ0n) is 35.3. The summed E-state index contributed by atoms with van der Waals surface area (Å²) < 4.78 is 2.38. The van der Waals surface area contributed by atoms with Crippen molar-refractivity contribution in [3.8, 4) is 22.3 Å². The van der Waals surface area contributed by atoms with Gasteiger partial charge in [0.1, 0.15) is 0 Å². The average molecular weight is 822 g/mol. The number of aromatic nitrogens is 1. The molecule has 2 aliphatic carbocycles. The van der Waals surface area contributed by atoms with Gasteiger partial charge in [-0.15, -0.1) is 12.6 Å². The van der Waals surface area contributed by atoms with Crippen molar-refractivity contribution in [1.29, 1.82) is 5.41 Å². The summed E-state index contributed by atoms with van der Waals surface area (Å²) in [5.41, 5.74) is 16.8. The zero-order valence-corrected chi connectivity index (χ0v) is 36.2. The quantitative estimate of drug-likeness (QED) is 0.113. The molecule has 1 aromatic heterocycles. The highest BCUT2D eigenvalue weighted by Crippen LogP contribution is 2.61. The molecule has 2 N–H and O–H groups in total. The largest absolute Gasteiger partial charge is 0.356 e. The van der Waals surface area contributed by atoms with Gasteiger partial charge in [0.25, 0.3) is 0 Å². The second-order valence-corrected chi connectivity index (χ2v) is 16.1. The van der Waals surface area contributed by atoms with Gasteiger partial charge in [0.2, 0.25) is 0 Å². The number of allylic oxidation sites excluding steroid dienone is 4. The molecule has 0 atom stereocenters. The van der Waals surface area contributed by atoms with Crippen molar-refractivity contribution < 1.29 is 0 Å². The van der Waals surface area contributed by atoms with Gasteiger partial charge in [-0.05, 0) is 113 Å². The van der Waals surface area contributed by atoms with E-state index >= 15 is 0 Å². The van der Waals surface area contributed by atoms with E-state index in [2.05, 4.69) is 225 Å². The van der Waals surface area contributed by atoms with E-state index in [0.717, 1.165) is 29.1 Å². The number of nitrogens with one attached hydrogen (secondary N) is 2. The van der Waals surface area contributed by atoms with Gasteiger partial charge in [0.05, 0.1) is 10.9 Å². The number of fused-ring (bicyclic) bond motifs is 4.